The second-order valence-electron chi connectivity index (χ2n) is 3.55. The fourth-order valence-corrected chi connectivity index (χ4v) is 2.74. The van der Waals surface area contributed by atoms with Gasteiger partial charge in [0.05, 0.1) is 5.69 Å². The van der Waals surface area contributed by atoms with E-state index in [0.717, 1.165) is 24.2 Å². The van der Waals surface area contributed by atoms with E-state index >= 15 is 0 Å². The van der Waals surface area contributed by atoms with Gasteiger partial charge in [0, 0.05) is 5.92 Å². The number of carboxylic acids is 1. The molecule has 14 heavy (non-hydrogen) atoms. The summed E-state index contributed by atoms with van der Waals surface area (Å²) in [5, 5.41) is 9.32. The highest BCUT2D eigenvalue weighted by Gasteiger charge is 2.26. The van der Waals surface area contributed by atoms with E-state index in [1.165, 1.54) is 12.8 Å². The molecule has 0 spiro atoms. The molecule has 76 valence electrons. The Morgan fingerprint density at radius 1 is 1.50 bits per heavy atom. The molecule has 2 rings (SSSR count). The van der Waals surface area contributed by atoms with Crippen molar-refractivity contribution in [2.75, 3.05) is 5.73 Å². The summed E-state index contributed by atoms with van der Waals surface area (Å²) >= 11 is 1.08. The Kier molecular flexibility index (Phi) is 2.41. The van der Waals surface area contributed by atoms with Crippen LogP contribution in [0, 0.1) is 0 Å². The maximum atomic E-state index is 10.9. The standard InChI is InChI=1S/C9H12N2O2S/c10-9-11-6(5-3-1-2-4-5)7(14-9)8(12)13/h5H,1-4H2,(H2,10,11)(H,12,13). The number of hydrogen-bond acceptors (Lipinski definition) is 4. The minimum absolute atomic E-state index is 0.314. The second kappa shape index (κ2) is 3.57. The highest BCUT2D eigenvalue weighted by Crippen LogP contribution is 2.37. The first-order valence-electron chi connectivity index (χ1n) is 4.68. The maximum absolute atomic E-state index is 10.9. The maximum Gasteiger partial charge on any atom is 0.347 e. The quantitative estimate of drug-likeness (QED) is 0.786. The number of thiazole rings is 1. The number of aromatic carboxylic acids is 1. The van der Waals surface area contributed by atoms with E-state index in [9.17, 15) is 4.79 Å². The molecule has 4 nitrogen and oxygen atoms in total. The average Bonchev–Trinajstić information content (AvgIpc) is 2.70. The van der Waals surface area contributed by atoms with Crippen LogP contribution in [0.5, 0.6) is 0 Å². The predicted molar refractivity (Wildman–Crippen MR) is 54.7 cm³/mol. The molecule has 0 saturated heterocycles. The van der Waals surface area contributed by atoms with Crippen LogP contribution in [0.4, 0.5) is 5.13 Å². The lowest BCUT2D eigenvalue weighted by molar-refractivity contribution is 0.0700. The van der Waals surface area contributed by atoms with Crippen molar-refractivity contribution in [1.82, 2.24) is 4.98 Å². The summed E-state index contributed by atoms with van der Waals surface area (Å²) in [6.45, 7) is 0. The van der Waals surface area contributed by atoms with Gasteiger partial charge in [0.15, 0.2) is 5.13 Å². The number of nitrogen functional groups attached to an aromatic ring is 1. The van der Waals surface area contributed by atoms with Crippen molar-refractivity contribution in [3.63, 3.8) is 0 Å². The Morgan fingerprint density at radius 2 is 2.14 bits per heavy atom. The molecule has 1 aromatic heterocycles. The zero-order valence-corrected chi connectivity index (χ0v) is 8.51. The van der Waals surface area contributed by atoms with E-state index in [1.54, 1.807) is 0 Å². The van der Waals surface area contributed by atoms with Crippen molar-refractivity contribution >= 4 is 22.4 Å². The molecule has 0 aromatic carbocycles. The number of aromatic nitrogens is 1. The SMILES string of the molecule is Nc1nc(C2CCCC2)c(C(=O)O)s1. The van der Waals surface area contributed by atoms with Crippen molar-refractivity contribution in [2.45, 2.75) is 31.6 Å². The largest absolute Gasteiger partial charge is 0.477 e. The first-order chi connectivity index (χ1) is 6.68. The zero-order valence-electron chi connectivity index (χ0n) is 7.69. The van der Waals surface area contributed by atoms with Crippen LogP contribution < -0.4 is 5.73 Å². The summed E-state index contributed by atoms with van der Waals surface area (Å²) in [6.07, 6.45) is 4.43. The van der Waals surface area contributed by atoms with Crippen LogP contribution >= 0.6 is 11.3 Å². The number of rotatable bonds is 2. The van der Waals surface area contributed by atoms with Gasteiger partial charge in [-0.05, 0) is 12.8 Å². The van der Waals surface area contributed by atoms with E-state index in [0.29, 0.717) is 21.6 Å². The lowest BCUT2D eigenvalue weighted by Crippen LogP contribution is -2.02. The van der Waals surface area contributed by atoms with Crippen molar-refractivity contribution in [1.29, 1.82) is 0 Å². The van der Waals surface area contributed by atoms with Crippen LogP contribution in [0.15, 0.2) is 0 Å². The summed E-state index contributed by atoms with van der Waals surface area (Å²) in [5.41, 5.74) is 6.23. The second-order valence-corrected chi connectivity index (χ2v) is 4.58. The van der Waals surface area contributed by atoms with Gasteiger partial charge in [0.2, 0.25) is 0 Å². The van der Waals surface area contributed by atoms with E-state index < -0.39 is 5.97 Å². The molecule has 0 aliphatic heterocycles. The minimum Gasteiger partial charge on any atom is -0.477 e. The van der Waals surface area contributed by atoms with Gasteiger partial charge in [0.25, 0.3) is 0 Å². The Hall–Kier alpha value is -1.10. The molecule has 3 N–H and O–H groups in total. The molecule has 1 aromatic rings. The number of nitrogens with two attached hydrogens (primary N) is 1. The van der Waals surface area contributed by atoms with E-state index in [-0.39, 0.29) is 0 Å². The molecule has 0 radical (unpaired) electrons. The highest BCUT2D eigenvalue weighted by atomic mass is 32.1. The van der Waals surface area contributed by atoms with Crippen LogP contribution in [0.2, 0.25) is 0 Å². The molecule has 1 aliphatic rings. The minimum atomic E-state index is -0.902. The zero-order chi connectivity index (χ0) is 10.1. The van der Waals surface area contributed by atoms with Crippen LogP contribution in [-0.2, 0) is 0 Å². The molecular formula is C9H12N2O2S. The van der Waals surface area contributed by atoms with Gasteiger partial charge in [-0.3, -0.25) is 0 Å². The number of anilines is 1. The molecule has 1 heterocycles. The Balaban J connectivity index is 2.35. The Morgan fingerprint density at radius 3 is 2.71 bits per heavy atom. The lowest BCUT2D eigenvalue weighted by atomic mass is 10.0. The van der Waals surface area contributed by atoms with E-state index in [2.05, 4.69) is 4.98 Å². The number of carboxylic acid groups (broad SMARTS) is 1. The molecule has 5 heteroatoms. The highest BCUT2D eigenvalue weighted by molar-refractivity contribution is 7.17. The predicted octanol–water partition coefficient (Wildman–Crippen LogP) is 2.08. The molecule has 1 aliphatic carbocycles. The van der Waals surface area contributed by atoms with Gasteiger partial charge in [-0.15, -0.1) is 0 Å². The Bertz CT molecular complexity index is 356. The molecule has 0 amide bonds. The van der Waals surface area contributed by atoms with Crippen LogP contribution in [0.1, 0.15) is 47.0 Å². The van der Waals surface area contributed by atoms with Crippen molar-refractivity contribution in [3.05, 3.63) is 10.6 Å². The Labute approximate surface area is 85.8 Å². The number of nitrogens with zero attached hydrogens (tertiary/aromatic N) is 1. The topological polar surface area (TPSA) is 76.2 Å². The third-order valence-electron chi connectivity index (χ3n) is 2.61. The van der Waals surface area contributed by atoms with Gasteiger partial charge >= 0.3 is 5.97 Å². The van der Waals surface area contributed by atoms with Gasteiger partial charge in [-0.2, -0.15) is 0 Å². The fraction of sp³-hybridized carbons (Fsp3) is 0.556. The number of carbonyl (C=O) groups is 1. The summed E-state index contributed by atoms with van der Waals surface area (Å²) in [4.78, 5) is 15.4. The van der Waals surface area contributed by atoms with Gasteiger partial charge in [0.1, 0.15) is 4.88 Å². The summed E-state index contributed by atoms with van der Waals surface area (Å²) in [6, 6.07) is 0. The average molecular weight is 212 g/mol. The molecule has 1 saturated carbocycles. The molecule has 0 atom stereocenters. The molecule has 1 fully saturated rings. The van der Waals surface area contributed by atoms with Crippen molar-refractivity contribution in [2.24, 2.45) is 0 Å². The van der Waals surface area contributed by atoms with Crippen molar-refractivity contribution < 1.29 is 9.90 Å². The molecular weight excluding hydrogens is 200 g/mol. The van der Waals surface area contributed by atoms with Gasteiger partial charge in [-0.25, -0.2) is 9.78 Å². The molecule has 0 bridgehead atoms. The van der Waals surface area contributed by atoms with Gasteiger partial charge in [-0.1, -0.05) is 24.2 Å². The monoisotopic (exact) mass is 212 g/mol. The third-order valence-corrected chi connectivity index (χ3v) is 3.49. The van der Waals surface area contributed by atoms with Crippen molar-refractivity contribution in [3.8, 4) is 0 Å². The normalized spacial score (nSPS) is 17.4. The summed E-state index contributed by atoms with van der Waals surface area (Å²) in [7, 11) is 0. The van der Waals surface area contributed by atoms with Gasteiger partial charge < -0.3 is 10.8 Å². The molecule has 0 unspecified atom stereocenters. The third kappa shape index (κ3) is 1.59. The first kappa shape index (κ1) is 9.45. The van der Waals surface area contributed by atoms with Crippen LogP contribution in [0.25, 0.3) is 0 Å². The van der Waals surface area contributed by atoms with Crippen LogP contribution in [0.3, 0.4) is 0 Å². The summed E-state index contributed by atoms with van der Waals surface area (Å²) < 4.78 is 0. The first-order valence-corrected chi connectivity index (χ1v) is 5.49. The summed E-state index contributed by atoms with van der Waals surface area (Å²) in [5.74, 6) is -0.587. The van der Waals surface area contributed by atoms with E-state index in [1.807, 2.05) is 0 Å². The fourth-order valence-electron chi connectivity index (χ4n) is 1.98. The van der Waals surface area contributed by atoms with E-state index in [4.69, 9.17) is 10.8 Å². The number of hydrogen-bond donors (Lipinski definition) is 2. The lowest BCUT2D eigenvalue weighted by Gasteiger charge is -2.05. The van der Waals surface area contributed by atoms with Crippen LogP contribution in [-0.4, -0.2) is 16.1 Å². The smallest absolute Gasteiger partial charge is 0.347 e.